The molecule has 4 aliphatic heterocycles. The summed E-state index contributed by atoms with van der Waals surface area (Å²) in [6, 6.07) is 4.41. The number of thioether (sulfide) groups is 1. The van der Waals surface area contributed by atoms with Crippen LogP contribution in [0.2, 0.25) is 10.0 Å². The fraction of sp³-hybridized carbons (Fsp3) is 0.746. The lowest BCUT2D eigenvalue weighted by Crippen LogP contribution is -2.61. The number of rotatable bonds is 19. The van der Waals surface area contributed by atoms with Crippen molar-refractivity contribution in [2.24, 2.45) is 35.5 Å². The Labute approximate surface area is 493 Å². The Hall–Kier alpha value is -3.38. The summed E-state index contributed by atoms with van der Waals surface area (Å²) >= 11 is 13.8. The zero-order valence-electron chi connectivity index (χ0n) is 50.0. The first-order valence-corrected chi connectivity index (χ1v) is 30.2. The molecule has 1 unspecified atom stereocenters. The van der Waals surface area contributed by atoms with Crippen LogP contribution in [-0.4, -0.2) is 174 Å². The lowest BCUT2D eigenvalue weighted by molar-refractivity contribution is -0.319. The topological polar surface area (TPSA) is 229 Å². The lowest BCUT2D eigenvalue weighted by atomic mass is 9.70. The minimum Gasteiger partial charge on any atom is -0.493 e. The molecule has 5 heterocycles. The molecular weight excluding hydrogens is 1110 g/mol. The molecule has 456 valence electrons. The number of ether oxygens (including phenoxy) is 10. The Morgan fingerprint density at radius 1 is 0.914 bits per heavy atom. The van der Waals surface area contributed by atoms with Crippen LogP contribution < -0.4 is 14.8 Å². The fourth-order valence-corrected chi connectivity index (χ4v) is 14.5. The third-order valence-corrected chi connectivity index (χ3v) is 19.1. The van der Waals surface area contributed by atoms with Crippen LogP contribution in [0.25, 0.3) is 0 Å². The number of nitrogens with one attached hydrogen (secondary N) is 1. The number of methoxy groups -OCH3 is 3. The fourth-order valence-electron chi connectivity index (χ4n) is 12.6. The SMILES string of the molecule is CC[C@H]1OC(=O)[C@H](C)[C@@H](O[C@H]2C[C@@](C)(OC)[C@@H](O)[C@H](C)O2)[C@H](C)[C@@H](O[C@@H]2O[C@H](C)C[C@H](N(C)CC(C)C)[C@H]2O)[C@](C)(OC)C[C@@H](C)C(=O)[C@H](C)[C@H]2C(SCCCOc3cc(C(=O)Nc4c(Cl)cncc4Cl)ccc3OC)C(=O)O[C@@]21C. The second-order valence-corrected chi connectivity index (χ2v) is 25.8. The molecule has 0 aliphatic carbocycles. The molecule has 0 spiro atoms. The summed E-state index contributed by atoms with van der Waals surface area (Å²) in [6.07, 6.45) is -4.22. The van der Waals surface area contributed by atoms with E-state index < -0.39 is 119 Å². The predicted octanol–water partition coefficient (Wildman–Crippen LogP) is 8.82. The number of fused-ring (bicyclic) bond motifs is 1. The van der Waals surface area contributed by atoms with Gasteiger partial charge in [-0.3, -0.25) is 24.2 Å². The van der Waals surface area contributed by atoms with E-state index in [9.17, 15) is 19.8 Å². The van der Waals surface area contributed by atoms with Crippen molar-refractivity contribution in [2.75, 3.05) is 52.6 Å². The zero-order chi connectivity index (χ0) is 60.1. The van der Waals surface area contributed by atoms with Crippen molar-refractivity contribution in [3.63, 3.8) is 0 Å². The molecule has 81 heavy (non-hydrogen) atoms. The summed E-state index contributed by atoms with van der Waals surface area (Å²) in [6.45, 7) is 23.2. The quantitative estimate of drug-likeness (QED) is 0.0881. The first-order chi connectivity index (χ1) is 38.1. The van der Waals surface area contributed by atoms with Crippen molar-refractivity contribution in [1.29, 1.82) is 0 Å². The van der Waals surface area contributed by atoms with Crippen LogP contribution in [0.3, 0.4) is 0 Å². The number of cyclic esters (lactones) is 1. The number of likely N-dealkylation sites (N-methyl/N-ethyl adjacent to an activating group) is 1. The summed E-state index contributed by atoms with van der Waals surface area (Å²) in [5, 5.41) is 25.6. The highest BCUT2D eigenvalue weighted by atomic mass is 35.5. The number of esters is 2. The first-order valence-electron chi connectivity index (χ1n) is 28.4. The van der Waals surface area contributed by atoms with E-state index in [1.54, 1.807) is 59.9 Å². The van der Waals surface area contributed by atoms with E-state index in [1.807, 2.05) is 41.7 Å². The van der Waals surface area contributed by atoms with Gasteiger partial charge in [-0.25, -0.2) is 0 Å². The Bertz CT molecular complexity index is 2460. The summed E-state index contributed by atoms with van der Waals surface area (Å²) in [5.74, 6) is -4.58. The average molecular weight is 1200 g/mol. The normalized spacial score (nSPS) is 37.1. The number of carbonyl (C=O) groups is 4. The van der Waals surface area contributed by atoms with Crippen LogP contribution >= 0.6 is 35.0 Å². The number of aliphatic hydroxyl groups is 2. The number of nitrogens with zero attached hydrogens (tertiary/aromatic N) is 2. The molecule has 0 bridgehead atoms. The van der Waals surface area contributed by atoms with Crippen LogP contribution in [0, 0.1) is 35.5 Å². The van der Waals surface area contributed by atoms with E-state index in [1.165, 1.54) is 38.4 Å². The standard InChI is InChI=1S/C59H89Cl2N3O16S/c1-17-43-59(12)45(50(55(70)80-59)81-22-18-21-74-42-24-37(19-20-41(42)71-14)53(68)63-46-38(60)27-62-28-39(46)61)33(6)47(65)31(4)25-58(11,73-16)52(79-56-48(66)40(23-32(5)75-56)64(13)29-30(2)3)34(7)49(35(8)54(69)77-43)78-44-26-57(10,72-15)51(67)36(9)76-44/h19-20,24,27-28,30-36,40,43-45,48-52,56,66-67H,17-18,21-23,25-26,29H2,1-16H3,(H,62,63,68)/t31-,32-,33-,34+,35-,36+,40+,43-,44+,45+,48-,49+,50?,51+,52-,56+,57-,58-,59-/m1/s1. The molecule has 4 aliphatic rings. The maximum absolute atomic E-state index is 15.3. The third kappa shape index (κ3) is 15.0. The average Bonchev–Trinajstić information content (AvgIpc) is 4.00. The van der Waals surface area contributed by atoms with Crippen molar-refractivity contribution in [3.8, 4) is 11.5 Å². The number of hydrogen-bond donors (Lipinski definition) is 3. The molecule has 4 saturated heterocycles. The molecule has 19 atom stereocenters. The summed E-state index contributed by atoms with van der Waals surface area (Å²) in [5.41, 5.74) is -3.40. The van der Waals surface area contributed by atoms with Gasteiger partial charge in [0.15, 0.2) is 29.7 Å². The molecule has 1 amide bonds. The van der Waals surface area contributed by atoms with E-state index in [4.69, 9.17) is 70.6 Å². The number of aliphatic hydroxyl groups excluding tert-OH is 2. The molecule has 1 aromatic carbocycles. The van der Waals surface area contributed by atoms with Crippen LogP contribution in [-0.2, 0) is 52.3 Å². The van der Waals surface area contributed by atoms with Crippen molar-refractivity contribution < 1.29 is 76.8 Å². The highest BCUT2D eigenvalue weighted by Crippen LogP contribution is 2.50. The third-order valence-electron chi connectivity index (χ3n) is 17.2. The van der Waals surface area contributed by atoms with Gasteiger partial charge in [0.25, 0.3) is 5.91 Å². The second kappa shape index (κ2) is 28.2. The Morgan fingerprint density at radius 3 is 2.20 bits per heavy atom. The van der Waals surface area contributed by atoms with Crippen molar-refractivity contribution in [2.45, 2.75) is 199 Å². The number of aromatic nitrogens is 1. The van der Waals surface area contributed by atoms with E-state index in [0.29, 0.717) is 36.0 Å². The number of hydrogen-bond acceptors (Lipinski definition) is 19. The van der Waals surface area contributed by atoms with Gasteiger partial charge in [0.05, 0.1) is 71.0 Å². The van der Waals surface area contributed by atoms with Crippen LogP contribution in [0.5, 0.6) is 11.5 Å². The number of halogens is 2. The zero-order valence-corrected chi connectivity index (χ0v) is 52.4. The molecule has 1 aromatic heterocycles. The van der Waals surface area contributed by atoms with Gasteiger partial charge in [-0.15, -0.1) is 11.8 Å². The van der Waals surface area contributed by atoms with Crippen molar-refractivity contribution in [1.82, 2.24) is 9.88 Å². The van der Waals surface area contributed by atoms with E-state index in [0.717, 1.165) is 6.54 Å². The number of benzene rings is 1. The minimum absolute atomic E-state index is 0.0978. The molecule has 4 fully saturated rings. The molecule has 0 saturated carbocycles. The van der Waals surface area contributed by atoms with E-state index >= 15 is 9.59 Å². The molecule has 19 nitrogen and oxygen atoms in total. The van der Waals surface area contributed by atoms with Gasteiger partial charge in [0.1, 0.15) is 29.3 Å². The Kier molecular flexibility index (Phi) is 23.3. The highest BCUT2D eigenvalue weighted by Gasteiger charge is 2.62. The van der Waals surface area contributed by atoms with Gasteiger partial charge in [-0.05, 0) is 104 Å². The van der Waals surface area contributed by atoms with Gasteiger partial charge >= 0.3 is 11.9 Å². The summed E-state index contributed by atoms with van der Waals surface area (Å²) in [7, 11) is 6.52. The number of Topliss-reactive ketones (excluding diaryl/α,β-unsaturated/α-hetero) is 1. The van der Waals surface area contributed by atoms with Crippen molar-refractivity contribution in [3.05, 3.63) is 46.2 Å². The Balaban J connectivity index is 1.32. The van der Waals surface area contributed by atoms with Gasteiger partial charge in [0, 0.05) is 74.9 Å². The van der Waals surface area contributed by atoms with Gasteiger partial charge in [-0.1, -0.05) is 64.7 Å². The van der Waals surface area contributed by atoms with Gasteiger partial charge in [-0.2, -0.15) is 0 Å². The number of anilines is 1. The highest BCUT2D eigenvalue weighted by molar-refractivity contribution is 8.00. The number of pyridine rings is 1. The molecular formula is C59H89Cl2N3O16S. The largest absolute Gasteiger partial charge is 0.493 e. The molecule has 3 N–H and O–H groups in total. The van der Waals surface area contributed by atoms with Crippen LogP contribution in [0.1, 0.15) is 126 Å². The van der Waals surface area contributed by atoms with E-state index in [-0.39, 0.29) is 65.1 Å². The number of amides is 1. The second-order valence-electron chi connectivity index (χ2n) is 23.8. The van der Waals surface area contributed by atoms with Gasteiger partial charge in [0.2, 0.25) is 0 Å². The summed E-state index contributed by atoms with van der Waals surface area (Å²) < 4.78 is 64.0. The molecule has 0 radical (unpaired) electrons. The predicted molar refractivity (Wildman–Crippen MR) is 308 cm³/mol. The summed E-state index contributed by atoms with van der Waals surface area (Å²) in [4.78, 5) is 64.3. The van der Waals surface area contributed by atoms with Gasteiger partial charge < -0.3 is 67.8 Å². The Morgan fingerprint density at radius 2 is 1.58 bits per heavy atom. The van der Waals surface area contributed by atoms with E-state index in [2.05, 4.69) is 29.0 Å². The van der Waals surface area contributed by atoms with Crippen LogP contribution in [0.15, 0.2) is 30.6 Å². The smallest absolute Gasteiger partial charge is 0.320 e. The molecule has 2 aromatic rings. The van der Waals surface area contributed by atoms with Crippen LogP contribution in [0.4, 0.5) is 5.69 Å². The maximum atomic E-state index is 15.3. The number of ketones is 1. The lowest BCUT2D eigenvalue weighted by Gasteiger charge is -2.50. The first kappa shape index (κ1) is 66.8. The minimum atomic E-state index is -1.46. The maximum Gasteiger partial charge on any atom is 0.320 e. The molecule has 22 heteroatoms. The number of carbonyl (C=O) groups excluding carboxylic acids is 4. The molecule has 6 rings (SSSR count). The monoisotopic (exact) mass is 1200 g/mol. The van der Waals surface area contributed by atoms with Crippen molar-refractivity contribution >= 4 is 64.3 Å².